The molecule has 2 aromatic carbocycles. The molecule has 2 rings (SSSR count). The number of alkyl halides is 3. The minimum atomic E-state index is -4.29. The van der Waals surface area contributed by atoms with Crippen molar-refractivity contribution in [3.8, 4) is 0 Å². The van der Waals surface area contributed by atoms with Crippen LogP contribution < -0.4 is 5.73 Å². The Bertz CT molecular complexity index is 610. The van der Waals surface area contributed by atoms with Crippen molar-refractivity contribution >= 4 is 10.8 Å². The van der Waals surface area contributed by atoms with Gasteiger partial charge in [-0.3, -0.25) is 0 Å². The van der Waals surface area contributed by atoms with Gasteiger partial charge in [0.1, 0.15) is 6.61 Å². The highest BCUT2D eigenvalue weighted by Gasteiger charge is 2.27. The van der Waals surface area contributed by atoms with Crippen molar-refractivity contribution in [1.29, 1.82) is 0 Å². The molecule has 0 amide bonds. The third kappa shape index (κ3) is 4.19. The lowest BCUT2D eigenvalue weighted by Crippen LogP contribution is -2.20. The van der Waals surface area contributed by atoms with E-state index in [1.807, 2.05) is 43.3 Å². The van der Waals surface area contributed by atoms with Gasteiger partial charge in [0.05, 0.1) is 0 Å². The Morgan fingerprint density at radius 3 is 2.43 bits per heavy atom. The SMILES string of the molecule is Cc1ccc(C(N)CCOCC(F)(F)F)c2ccccc12. The molecule has 5 heteroatoms. The molecule has 0 aliphatic rings. The second kappa shape index (κ2) is 6.45. The van der Waals surface area contributed by atoms with Crippen LogP contribution in [-0.2, 0) is 4.74 Å². The number of benzene rings is 2. The predicted octanol–water partition coefficient (Wildman–Crippen LogP) is 4.12. The monoisotopic (exact) mass is 297 g/mol. The van der Waals surface area contributed by atoms with Crippen molar-refractivity contribution in [2.45, 2.75) is 25.6 Å². The first kappa shape index (κ1) is 15.8. The van der Waals surface area contributed by atoms with Gasteiger partial charge in [0.2, 0.25) is 0 Å². The summed E-state index contributed by atoms with van der Waals surface area (Å²) >= 11 is 0. The minimum Gasteiger partial charge on any atom is -0.372 e. The highest BCUT2D eigenvalue weighted by Crippen LogP contribution is 2.27. The summed E-state index contributed by atoms with van der Waals surface area (Å²) in [4.78, 5) is 0. The fourth-order valence-electron chi connectivity index (χ4n) is 2.35. The fraction of sp³-hybridized carbons (Fsp3) is 0.375. The normalized spacial score (nSPS) is 13.6. The van der Waals surface area contributed by atoms with Crippen LogP contribution >= 0.6 is 0 Å². The molecule has 0 saturated heterocycles. The Kier molecular flexibility index (Phi) is 4.85. The van der Waals surface area contributed by atoms with Crippen LogP contribution in [0.3, 0.4) is 0 Å². The van der Waals surface area contributed by atoms with E-state index >= 15 is 0 Å². The zero-order valence-corrected chi connectivity index (χ0v) is 11.8. The van der Waals surface area contributed by atoms with Gasteiger partial charge in [-0.05, 0) is 35.2 Å². The average Bonchev–Trinajstić information content (AvgIpc) is 2.43. The Labute approximate surface area is 121 Å². The summed E-state index contributed by atoms with van der Waals surface area (Å²) in [6.45, 7) is 0.779. The second-order valence-electron chi connectivity index (χ2n) is 5.08. The Hall–Kier alpha value is -1.59. The zero-order valence-electron chi connectivity index (χ0n) is 11.8. The van der Waals surface area contributed by atoms with E-state index in [4.69, 9.17) is 5.73 Å². The summed E-state index contributed by atoms with van der Waals surface area (Å²) in [6, 6.07) is 11.5. The summed E-state index contributed by atoms with van der Waals surface area (Å²) in [5.41, 5.74) is 8.18. The highest BCUT2D eigenvalue weighted by atomic mass is 19.4. The molecule has 114 valence electrons. The molecule has 0 radical (unpaired) electrons. The molecule has 0 spiro atoms. The highest BCUT2D eigenvalue weighted by molar-refractivity contribution is 5.88. The number of rotatable bonds is 5. The minimum absolute atomic E-state index is 0.0110. The van der Waals surface area contributed by atoms with Crippen molar-refractivity contribution in [2.75, 3.05) is 13.2 Å². The first-order valence-electron chi connectivity index (χ1n) is 6.77. The molecular formula is C16H18F3NO. The number of hydrogen-bond acceptors (Lipinski definition) is 2. The van der Waals surface area contributed by atoms with Crippen LogP contribution in [0.4, 0.5) is 13.2 Å². The average molecular weight is 297 g/mol. The topological polar surface area (TPSA) is 35.2 Å². The fourth-order valence-corrected chi connectivity index (χ4v) is 2.35. The number of hydrogen-bond donors (Lipinski definition) is 1. The van der Waals surface area contributed by atoms with Crippen LogP contribution in [0.1, 0.15) is 23.6 Å². The number of nitrogens with two attached hydrogens (primary N) is 1. The van der Waals surface area contributed by atoms with Crippen LogP contribution in [0.15, 0.2) is 36.4 Å². The molecule has 2 nitrogen and oxygen atoms in total. The van der Waals surface area contributed by atoms with Crippen LogP contribution in [0, 0.1) is 6.92 Å². The molecule has 0 bridgehead atoms. The summed E-state index contributed by atoms with van der Waals surface area (Å²) in [6.07, 6.45) is -3.94. The van der Waals surface area contributed by atoms with Gasteiger partial charge in [0.15, 0.2) is 0 Å². The van der Waals surface area contributed by atoms with Crippen LogP contribution in [0.5, 0.6) is 0 Å². The van der Waals surface area contributed by atoms with Gasteiger partial charge in [0.25, 0.3) is 0 Å². The first-order chi connectivity index (χ1) is 9.88. The Morgan fingerprint density at radius 2 is 1.76 bits per heavy atom. The van der Waals surface area contributed by atoms with Gasteiger partial charge in [-0.1, -0.05) is 36.4 Å². The summed E-state index contributed by atoms with van der Waals surface area (Å²) in [7, 11) is 0. The maximum Gasteiger partial charge on any atom is 0.411 e. The van der Waals surface area contributed by atoms with Gasteiger partial charge in [-0.15, -0.1) is 0 Å². The number of fused-ring (bicyclic) bond motifs is 1. The third-order valence-electron chi connectivity index (χ3n) is 3.41. The van der Waals surface area contributed by atoms with Gasteiger partial charge >= 0.3 is 6.18 Å². The van der Waals surface area contributed by atoms with Crippen molar-refractivity contribution in [2.24, 2.45) is 5.73 Å². The molecule has 0 aliphatic carbocycles. The predicted molar refractivity (Wildman–Crippen MR) is 77.1 cm³/mol. The van der Waals surface area contributed by atoms with E-state index in [0.29, 0.717) is 6.42 Å². The molecule has 0 aliphatic heterocycles. The van der Waals surface area contributed by atoms with E-state index in [-0.39, 0.29) is 12.6 Å². The van der Waals surface area contributed by atoms with Crippen molar-refractivity contribution in [1.82, 2.24) is 0 Å². The van der Waals surface area contributed by atoms with Gasteiger partial charge in [-0.25, -0.2) is 0 Å². The molecule has 0 aromatic heterocycles. The first-order valence-corrected chi connectivity index (χ1v) is 6.77. The number of halogens is 3. The maximum absolute atomic E-state index is 12.0. The number of ether oxygens (including phenoxy) is 1. The van der Waals surface area contributed by atoms with Crippen LogP contribution in [0.2, 0.25) is 0 Å². The number of aryl methyl sites for hydroxylation is 1. The van der Waals surface area contributed by atoms with Crippen molar-refractivity contribution in [3.05, 3.63) is 47.5 Å². The lowest BCUT2D eigenvalue weighted by atomic mass is 9.95. The molecule has 1 atom stereocenters. The van der Waals surface area contributed by atoms with E-state index in [9.17, 15) is 13.2 Å². The zero-order chi connectivity index (χ0) is 15.5. The van der Waals surface area contributed by atoms with Gasteiger partial charge in [0, 0.05) is 12.6 Å². The Morgan fingerprint density at radius 1 is 1.10 bits per heavy atom. The van der Waals surface area contributed by atoms with E-state index in [2.05, 4.69) is 4.74 Å². The van der Waals surface area contributed by atoms with Crippen molar-refractivity contribution < 1.29 is 17.9 Å². The lowest BCUT2D eigenvalue weighted by Gasteiger charge is -2.16. The maximum atomic E-state index is 12.0. The quantitative estimate of drug-likeness (QED) is 0.843. The lowest BCUT2D eigenvalue weighted by molar-refractivity contribution is -0.174. The molecular weight excluding hydrogens is 279 g/mol. The Balaban J connectivity index is 2.06. The molecule has 1 unspecified atom stereocenters. The molecule has 0 saturated carbocycles. The smallest absolute Gasteiger partial charge is 0.372 e. The molecule has 2 N–H and O–H groups in total. The van der Waals surface area contributed by atoms with E-state index in [1.165, 1.54) is 0 Å². The van der Waals surface area contributed by atoms with Crippen molar-refractivity contribution in [3.63, 3.8) is 0 Å². The van der Waals surface area contributed by atoms with E-state index < -0.39 is 12.8 Å². The molecule has 0 heterocycles. The second-order valence-corrected chi connectivity index (χ2v) is 5.08. The summed E-state index contributed by atoms with van der Waals surface area (Å²) in [5, 5.41) is 2.16. The molecule has 2 aromatic rings. The van der Waals surface area contributed by atoms with Gasteiger partial charge in [-0.2, -0.15) is 13.2 Å². The van der Waals surface area contributed by atoms with E-state index in [0.717, 1.165) is 21.9 Å². The van der Waals surface area contributed by atoms with Gasteiger partial charge < -0.3 is 10.5 Å². The standard InChI is InChI=1S/C16H18F3NO/c1-11-6-7-14(13-5-3-2-4-12(11)13)15(20)8-9-21-10-16(17,18)19/h2-7,15H,8-10,20H2,1H3. The van der Waals surface area contributed by atoms with E-state index in [1.54, 1.807) is 0 Å². The van der Waals surface area contributed by atoms with Crippen LogP contribution in [-0.4, -0.2) is 19.4 Å². The molecule has 0 fully saturated rings. The third-order valence-corrected chi connectivity index (χ3v) is 3.41. The largest absolute Gasteiger partial charge is 0.411 e. The summed E-state index contributed by atoms with van der Waals surface area (Å²) in [5.74, 6) is 0. The summed E-state index contributed by atoms with van der Waals surface area (Å²) < 4.78 is 40.6. The van der Waals surface area contributed by atoms with Crippen LogP contribution in [0.25, 0.3) is 10.8 Å². The molecule has 21 heavy (non-hydrogen) atoms.